The minimum Gasteiger partial charge on any atom is -0.349 e. The van der Waals surface area contributed by atoms with Crippen molar-refractivity contribution in [1.29, 1.82) is 0 Å². The molecular weight excluding hydrogens is 266 g/mol. The largest absolute Gasteiger partial charge is 0.349 e. The minimum atomic E-state index is -0.184. The smallest absolute Gasteiger partial charge is 0.261 e. The van der Waals surface area contributed by atoms with E-state index in [1.54, 1.807) is 28.8 Å². The van der Waals surface area contributed by atoms with Crippen LogP contribution in [-0.2, 0) is 13.0 Å². The number of hydrogen-bond acceptors (Lipinski definition) is 3. The molecule has 0 spiro atoms. The average molecular weight is 283 g/mol. The van der Waals surface area contributed by atoms with Crippen LogP contribution in [0.25, 0.3) is 10.9 Å². The summed E-state index contributed by atoms with van der Waals surface area (Å²) in [7, 11) is 0. The Labute approximate surface area is 122 Å². The number of nitrogens with zero attached hydrogens (tertiary/aromatic N) is 2. The van der Waals surface area contributed by atoms with Crippen molar-refractivity contribution < 1.29 is 4.79 Å². The van der Waals surface area contributed by atoms with E-state index in [4.69, 9.17) is 0 Å². The molecule has 1 N–H and O–H groups in total. The van der Waals surface area contributed by atoms with Crippen LogP contribution in [-0.4, -0.2) is 22.0 Å². The highest BCUT2D eigenvalue weighted by molar-refractivity contribution is 5.97. The second-order valence-corrected chi connectivity index (χ2v) is 5.17. The van der Waals surface area contributed by atoms with Crippen molar-refractivity contribution in [3.05, 3.63) is 52.6 Å². The number of aromatic nitrogens is 2. The number of amides is 1. The first kappa shape index (κ1) is 13.5. The van der Waals surface area contributed by atoms with E-state index in [0.29, 0.717) is 23.0 Å². The lowest BCUT2D eigenvalue weighted by molar-refractivity contribution is 0.0958. The van der Waals surface area contributed by atoms with Crippen LogP contribution in [0.1, 0.15) is 29.0 Å². The Morgan fingerprint density at radius 2 is 2.29 bits per heavy atom. The van der Waals surface area contributed by atoms with Crippen molar-refractivity contribution in [1.82, 2.24) is 14.9 Å². The maximum atomic E-state index is 12.4. The van der Waals surface area contributed by atoms with Crippen LogP contribution in [0.5, 0.6) is 0 Å². The zero-order chi connectivity index (χ0) is 14.8. The van der Waals surface area contributed by atoms with Gasteiger partial charge in [-0.2, -0.15) is 0 Å². The third-order valence-electron chi connectivity index (χ3n) is 3.74. The normalized spacial score (nSPS) is 13.7. The molecule has 1 aromatic heterocycles. The molecule has 0 bridgehead atoms. The summed E-state index contributed by atoms with van der Waals surface area (Å²) in [5.74, 6) is 0.638. The van der Waals surface area contributed by atoms with Crippen molar-refractivity contribution in [3.8, 4) is 0 Å². The number of carbonyl (C=O) groups excluding carboxylic acids is 1. The SMILES string of the molecule is C=CCNC(=O)c1ccc2c(=O)n3c(nc2c1)CCCC3. The van der Waals surface area contributed by atoms with Gasteiger partial charge in [0.05, 0.1) is 10.9 Å². The van der Waals surface area contributed by atoms with Gasteiger partial charge in [-0.1, -0.05) is 6.08 Å². The number of fused-ring (bicyclic) bond motifs is 2. The quantitative estimate of drug-likeness (QED) is 0.871. The van der Waals surface area contributed by atoms with Gasteiger partial charge < -0.3 is 5.32 Å². The van der Waals surface area contributed by atoms with Crippen molar-refractivity contribution in [3.63, 3.8) is 0 Å². The summed E-state index contributed by atoms with van der Waals surface area (Å²) in [4.78, 5) is 28.9. The van der Waals surface area contributed by atoms with Gasteiger partial charge in [0.1, 0.15) is 5.82 Å². The summed E-state index contributed by atoms with van der Waals surface area (Å²) in [6.45, 7) is 4.71. The monoisotopic (exact) mass is 283 g/mol. The lowest BCUT2D eigenvalue weighted by Gasteiger charge is -2.17. The molecule has 0 unspecified atom stereocenters. The summed E-state index contributed by atoms with van der Waals surface area (Å²) in [6.07, 6.45) is 4.51. The molecule has 0 radical (unpaired) electrons. The topological polar surface area (TPSA) is 64.0 Å². The Balaban J connectivity index is 2.07. The molecule has 0 aliphatic carbocycles. The van der Waals surface area contributed by atoms with Gasteiger partial charge in [0.15, 0.2) is 0 Å². The first-order valence-electron chi connectivity index (χ1n) is 7.13. The van der Waals surface area contributed by atoms with Crippen LogP contribution < -0.4 is 10.9 Å². The molecule has 2 aromatic rings. The van der Waals surface area contributed by atoms with E-state index in [2.05, 4.69) is 16.9 Å². The highest BCUT2D eigenvalue weighted by atomic mass is 16.1. The Bertz CT molecular complexity index is 777. The molecule has 1 aliphatic rings. The molecule has 21 heavy (non-hydrogen) atoms. The number of rotatable bonds is 3. The van der Waals surface area contributed by atoms with E-state index in [9.17, 15) is 9.59 Å². The molecule has 0 saturated heterocycles. The summed E-state index contributed by atoms with van der Waals surface area (Å²) in [5, 5.41) is 3.29. The van der Waals surface area contributed by atoms with Gasteiger partial charge in [-0.25, -0.2) is 4.98 Å². The Kier molecular flexibility index (Phi) is 3.56. The van der Waals surface area contributed by atoms with Crippen molar-refractivity contribution in [2.24, 2.45) is 0 Å². The predicted octanol–water partition coefficient (Wildman–Crippen LogP) is 1.65. The molecule has 108 valence electrons. The predicted molar refractivity (Wildman–Crippen MR) is 81.5 cm³/mol. The zero-order valence-corrected chi connectivity index (χ0v) is 11.8. The van der Waals surface area contributed by atoms with E-state index in [1.165, 1.54) is 0 Å². The van der Waals surface area contributed by atoms with Crippen LogP contribution in [0.2, 0.25) is 0 Å². The van der Waals surface area contributed by atoms with Crippen LogP contribution in [0.15, 0.2) is 35.6 Å². The summed E-state index contributed by atoms with van der Waals surface area (Å²) in [6, 6.07) is 5.04. The lowest BCUT2D eigenvalue weighted by Crippen LogP contribution is -2.28. The van der Waals surface area contributed by atoms with Gasteiger partial charge in [-0.15, -0.1) is 6.58 Å². The molecule has 1 amide bonds. The molecule has 0 atom stereocenters. The molecule has 5 heteroatoms. The molecule has 0 saturated carbocycles. The molecule has 2 heterocycles. The van der Waals surface area contributed by atoms with Gasteiger partial charge in [-0.05, 0) is 31.0 Å². The van der Waals surface area contributed by atoms with Gasteiger partial charge in [0.2, 0.25) is 0 Å². The number of benzene rings is 1. The Morgan fingerprint density at radius 3 is 3.10 bits per heavy atom. The van der Waals surface area contributed by atoms with E-state index < -0.39 is 0 Å². The molecule has 1 aromatic carbocycles. The van der Waals surface area contributed by atoms with E-state index in [0.717, 1.165) is 31.6 Å². The van der Waals surface area contributed by atoms with E-state index in [1.807, 2.05) is 0 Å². The van der Waals surface area contributed by atoms with E-state index >= 15 is 0 Å². The van der Waals surface area contributed by atoms with Gasteiger partial charge in [0.25, 0.3) is 11.5 Å². The lowest BCUT2D eigenvalue weighted by atomic mass is 10.1. The fourth-order valence-electron chi connectivity index (χ4n) is 2.65. The second-order valence-electron chi connectivity index (χ2n) is 5.17. The first-order chi connectivity index (χ1) is 10.2. The van der Waals surface area contributed by atoms with Crippen molar-refractivity contribution in [2.45, 2.75) is 25.8 Å². The molecule has 0 fully saturated rings. The van der Waals surface area contributed by atoms with Gasteiger partial charge in [0, 0.05) is 25.1 Å². The number of carbonyl (C=O) groups is 1. The van der Waals surface area contributed by atoms with Crippen LogP contribution in [0, 0.1) is 0 Å². The first-order valence-corrected chi connectivity index (χ1v) is 7.13. The fraction of sp³-hybridized carbons (Fsp3) is 0.312. The van der Waals surface area contributed by atoms with Crippen molar-refractivity contribution >= 4 is 16.8 Å². The number of nitrogens with one attached hydrogen (secondary N) is 1. The third kappa shape index (κ3) is 2.46. The summed E-state index contributed by atoms with van der Waals surface area (Å²) in [5.41, 5.74) is 1.10. The standard InChI is InChI=1S/C16H17N3O2/c1-2-8-17-15(20)11-6-7-12-13(10-11)18-14-5-3-4-9-19(14)16(12)21/h2,6-7,10H,1,3-5,8-9H2,(H,17,20). The highest BCUT2D eigenvalue weighted by Gasteiger charge is 2.15. The molecule has 3 rings (SSSR count). The van der Waals surface area contributed by atoms with Crippen LogP contribution in [0.3, 0.4) is 0 Å². The van der Waals surface area contributed by atoms with Gasteiger partial charge >= 0.3 is 0 Å². The summed E-state index contributed by atoms with van der Waals surface area (Å²) < 4.78 is 1.75. The fourth-order valence-corrected chi connectivity index (χ4v) is 2.65. The van der Waals surface area contributed by atoms with E-state index in [-0.39, 0.29) is 11.5 Å². The number of aryl methyl sites for hydroxylation is 1. The zero-order valence-electron chi connectivity index (χ0n) is 11.8. The van der Waals surface area contributed by atoms with Crippen molar-refractivity contribution in [2.75, 3.05) is 6.54 Å². The maximum absolute atomic E-state index is 12.4. The third-order valence-corrected chi connectivity index (χ3v) is 3.74. The average Bonchev–Trinajstić information content (AvgIpc) is 2.52. The minimum absolute atomic E-state index is 0.00671. The second kappa shape index (κ2) is 5.52. The van der Waals surface area contributed by atoms with Gasteiger partial charge in [-0.3, -0.25) is 14.2 Å². The Morgan fingerprint density at radius 1 is 1.43 bits per heavy atom. The summed E-state index contributed by atoms with van der Waals surface area (Å²) >= 11 is 0. The number of hydrogen-bond donors (Lipinski definition) is 1. The molecule has 1 aliphatic heterocycles. The van der Waals surface area contributed by atoms with Crippen LogP contribution >= 0.6 is 0 Å². The maximum Gasteiger partial charge on any atom is 0.261 e. The highest BCUT2D eigenvalue weighted by Crippen LogP contribution is 2.16. The molecule has 5 nitrogen and oxygen atoms in total. The Hall–Kier alpha value is -2.43. The molecular formula is C16H17N3O2. The van der Waals surface area contributed by atoms with Crippen LogP contribution in [0.4, 0.5) is 0 Å².